The molecule has 17 heteroatoms. The van der Waals surface area contributed by atoms with E-state index in [9.17, 15) is 29.5 Å². The molecule has 2 atom stereocenters. The van der Waals surface area contributed by atoms with E-state index < -0.39 is 34.9 Å². The smallest absolute Gasteiger partial charge is 0.543 e. The van der Waals surface area contributed by atoms with Gasteiger partial charge in [-0.05, 0) is 11.6 Å². The van der Waals surface area contributed by atoms with Crippen molar-refractivity contribution in [2.45, 2.75) is 11.4 Å². The Balaban J connectivity index is 0.00000324. The second kappa shape index (κ2) is 10.6. The first kappa shape index (κ1) is 26.5. The first-order valence-electron chi connectivity index (χ1n) is 8.92. The number of allylic oxidation sites excluding steroid dienone is 1. The molecule has 2 aliphatic heterocycles. The number of carbonyl (C=O) groups is 3. The van der Waals surface area contributed by atoms with Gasteiger partial charge in [0, 0.05) is 16.7 Å². The minimum absolute atomic E-state index is 0. The Morgan fingerprint density at radius 2 is 2.15 bits per heavy atom. The Hall–Kier alpha value is -2.14. The summed E-state index contributed by atoms with van der Waals surface area (Å²) in [7, 11) is 0. The number of amides is 2. The first-order valence-corrected chi connectivity index (χ1v) is 12.0. The fourth-order valence-corrected chi connectivity index (χ4v) is 6.02. The van der Waals surface area contributed by atoms with Gasteiger partial charge in [0.2, 0.25) is 0 Å². The number of aliphatic carboxylic acids is 1. The largest absolute Gasteiger partial charge is 1.00 e. The topological polar surface area (TPSA) is 194 Å². The number of carboxylic acids is 1. The zero-order valence-corrected chi connectivity index (χ0v) is 22.3. The molecule has 0 saturated carbocycles. The van der Waals surface area contributed by atoms with E-state index in [0.717, 1.165) is 27.8 Å². The number of carbonyl (C=O) groups excluding carboxylic acids is 3. The predicted molar refractivity (Wildman–Crippen MR) is 121 cm³/mol. The van der Waals surface area contributed by atoms with Gasteiger partial charge in [-0.3, -0.25) is 23.7 Å². The Morgan fingerprint density at radius 3 is 2.71 bits per heavy atom. The maximum atomic E-state index is 12.7. The summed E-state index contributed by atoms with van der Waals surface area (Å²) in [5, 5.41) is 25.7. The molecule has 1 saturated heterocycles. The Kier molecular flexibility index (Phi) is 8.28. The van der Waals surface area contributed by atoms with Crippen LogP contribution < -0.4 is 51.3 Å². The van der Waals surface area contributed by atoms with Crippen LogP contribution in [0.25, 0.3) is 6.08 Å². The summed E-state index contributed by atoms with van der Waals surface area (Å²) >= 11 is 9.13. The second-order valence-electron chi connectivity index (χ2n) is 6.59. The molecule has 0 aromatic carbocycles. The van der Waals surface area contributed by atoms with Crippen molar-refractivity contribution in [3.05, 3.63) is 48.7 Å². The minimum atomic E-state index is -1.55. The maximum Gasteiger partial charge on any atom is 1.00 e. The molecule has 0 bridgehead atoms. The van der Waals surface area contributed by atoms with Crippen LogP contribution in [0.15, 0.2) is 33.4 Å². The molecule has 172 valence electrons. The summed E-state index contributed by atoms with van der Waals surface area (Å²) in [6, 6.07) is 0.269. The fraction of sp³-hybridized carbons (Fsp3) is 0.176. The summed E-state index contributed by atoms with van der Waals surface area (Å²) in [5.41, 5.74) is 4.58. The number of carboxylic acid groups (broad SMARTS) is 1. The number of nitrogens with one attached hydrogen (secondary N) is 2. The van der Waals surface area contributed by atoms with Crippen LogP contribution in [-0.4, -0.2) is 60.1 Å². The maximum absolute atomic E-state index is 12.7. The van der Waals surface area contributed by atoms with Crippen molar-refractivity contribution in [2.75, 3.05) is 11.5 Å². The molecular formula is C17H12ClN6NaO6S3. The molecule has 0 spiro atoms. The van der Waals surface area contributed by atoms with Gasteiger partial charge in [-0.15, -0.1) is 11.8 Å². The molecule has 34 heavy (non-hydrogen) atoms. The third-order valence-electron chi connectivity index (χ3n) is 4.61. The van der Waals surface area contributed by atoms with E-state index in [1.165, 1.54) is 23.9 Å². The number of nitrogens with zero attached hydrogens (tertiary/aromatic N) is 3. The first-order chi connectivity index (χ1) is 15.7. The van der Waals surface area contributed by atoms with Crippen molar-refractivity contribution in [2.24, 2.45) is 5.16 Å². The monoisotopic (exact) mass is 550 g/mol. The number of aromatic nitrogens is 2. The van der Waals surface area contributed by atoms with Gasteiger partial charge >= 0.3 is 29.6 Å². The molecule has 1 fully saturated rings. The van der Waals surface area contributed by atoms with Crippen LogP contribution in [0, 0.1) is 0 Å². The quantitative estimate of drug-likeness (QED) is 0.0925. The van der Waals surface area contributed by atoms with Crippen molar-refractivity contribution in [1.82, 2.24) is 19.6 Å². The van der Waals surface area contributed by atoms with Crippen molar-refractivity contribution in [1.29, 1.82) is 0 Å². The molecule has 0 aliphatic carbocycles. The van der Waals surface area contributed by atoms with E-state index in [2.05, 4.69) is 19.8 Å². The molecule has 2 amide bonds. The average molecular weight is 551 g/mol. The Bertz CT molecular complexity index is 1320. The van der Waals surface area contributed by atoms with Crippen LogP contribution in [0.1, 0.15) is 10.6 Å². The van der Waals surface area contributed by atoms with E-state index in [4.69, 9.17) is 17.3 Å². The number of hydrogen-bond acceptors (Lipinski definition) is 12. The summed E-state index contributed by atoms with van der Waals surface area (Å²) in [6.45, 7) is 0. The standard InChI is InChI=1S/C17H13ClN6O6S3.Na/c18-12-8(21-17(19)32-12)9(22-30)13(26)20-10-14(27)24-11(16(28)29)5(4-31-15(10)24)1-2-6-3-7(25)23-33-6;/h1-3,10,15,30H,4H2,(H2,19,21)(H,20,26)(H,23,25)(H,28,29);/q;+1/p-1/b2-1-,22-9-;/t10-,15-;/m1./s1. The number of rotatable bonds is 6. The number of nitrogen functional groups attached to an aromatic ring is 1. The summed E-state index contributed by atoms with van der Waals surface area (Å²) in [4.78, 5) is 53.8. The normalized spacial score (nSPS) is 20.1. The van der Waals surface area contributed by atoms with Crippen LogP contribution in [0.5, 0.6) is 0 Å². The van der Waals surface area contributed by atoms with Gasteiger partial charge in [-0.2, -0.15) is 0 Å². The SMILES string of the molecule is Nc1nc(/C(=N/O)C(=O)N[C@@H]2C(=O)N3C(C(=O)[O-])=C(/C=C\c4cc(=O)[nH]s4)CS[C@H]23)c(Cl)s1.[Na+]. The fourth-order valence-electron chi connectivity index (χ4n) is 3.20. The van der Waals surface area contributed by atoms with Crippen LogP contribution >= 0.6 is 46.2 Å². The number of H-pyrrole nitrogens is 1. The number of thioether (sulfide) groups is 1. The predicted octanol–water partition coefficient (Wildman–Crippen LogP) is -3.57. The molecule has 4 rings (SSSR count). The van der Waals surface area contributed by atoms with Crippen LogP contribution in [0.2, 0.25) is 4.34 Å². The number of fused-ring (bicyclic) bond motifs is 1. The minimum Gasteiger partial charge on any atom is -0.543 e. The number of oxime groups is 1. The van der Waals surface area contributed by atoms with Gasteiger partial charge in [0.05, 0.1) is 11.7 Å². The van der Waals surface area contributed by atoms with Crippen molar-refractivity contribution < 1.29 is 54.3 Å². The van der Waals surface area contributed by atoms with Gasteiger partial charge in [0.15, 0.2) is 10.8 Å². The van der Waals surface area contributed by atoms with E-state index in [1.807, 2.05) is 0 Å². The zero-order chi connectivity index (χ0) is 23.9. The number of hydrogen-bond donors (Lipinski definition) is 4. The van der Waals surface area contributed by atoms with Gasteiger partial charge in [0.25, 0.3) is 17.4 Å². The molecule has 2 aromatic rings. The van der Waals surface area contributed by atoms with E-state index in [0.29, 0.717) is 10.5 Å². The van der Waals surface area contributed by atoms with Gasteiger partial charge in [-0.25, -0.2) is 4.98 Å². The number of β-lactam (4-membered cyclic amide) rings is 1. The van der Waals surface area contributed by atoms with Gasteiger partial charge in [-0.1, -0.05) is 45.7 Å². The van der Waals surface area contributed by atoms with E-state index in [1.54, 1.807) is 6.08 Å². The number of anilines is 1. The Morgan fingerprint density at radius 1 is 1.41 bits per heavy atom. The average Bonchev–Trinajstić information content (AvgIpc) is 3.34. The third-order valence-corrected chi connectivity index (χ3v) is 7.79. The van der Waals surface area contributed by atoms with Crippen molar-refractivity contribution in [3.8, 4) is 0 Å². The summed E-state index contributed by atoms with van der Waals surface area (Å²) < 4.78 is 2.54. The molecule has 2 aliphatic rings. The molecule has 5 N–H and O–H groups in total. The molecule has 12 nitrogen and oxygen atoms in total. The van der Waals surface area contributed by atoms with Crippen LogP contribution in [0.4, 0.5) is 5.13 Å². The molecule has 2 aromatic heterocycles. The molecule has 0 unspecified atom stereocenters. The summed E-state index contributed by atoms with van der Waals surface area (Å²) in [6.07, 6.45) is 3.05. The number of nitrogens with two attached hydrogens (primary N) is 1. The van der Waals surface area contributed by atoms with Crippen molar-refractivity contribution in [3.63, 3.8) is 0 Å². The second-order valence-corrected chi connectivity index (χ2v) is 10.2. The molecule has 0 radical (unpaired) electrons. The number of halogens is 1. The zero-order valence-electron chi connectivity index (χ0n) is 17.1. The third kappa shape index (κ3) is 4.95. The molecule has 4 heterocycles. The van der Waals surface area contributed by atoms with Gasteiger partial charge in [0.1, 0.15) is 21.4 Å². The van der Waals surface area contributed by atoms with Crippen LogP contribution in [-0.2, 0) is 14.4 Å². The van der Waals surface area contributed by atoms with Crippen LogP contribution in [0.3, 0.4) is 0 Å². The van der Waals surface area contributed by atoms with Gasteiger partial charge < -0.3 is 26.2 Å². The Labute approximate surface area is 230 Å². The van der Waals surface area contributed by atoms with Crippen molar-refractivity contribution >= 4 is 80.9 Å². The van der Waals surface area contributed by atoms with E-state index >= 15 is 0 Å². The molecular weight excluding hydrogens is 539 g/mol. The summed E-state index contributed by atoms with van der Waals surface area (Å²) in [5.74, 6) is -2.97. The van der Waals surface area contributed by atoms with E-state index in [-0.39, 0.29) is 61.7 Å². The number of aromatic amines is 1. The number of thiazole rings is 1.